The zero-order valence-electron chi connectivity index (χ0n) is 10.6. The number of nitrogens with zero attached hydrogens (tertiary/aromatic N) is 1. The van der Waals surface area contributed by atoms with Crippen molar-refractivity contribution >= 4 is 0 Å². The van der Waals surface area contributed by atoms with E-state index >= 15 is 0 Å². The molecule has 15 heavy (non-hydrogen) atoms. The Labute approximate surface area is 94.0 Å². The largest absolute Gasteiger partial charge is 0.381 e. The molecule has 3 nitrogen and oxygen atoms in total. The fraction of sp³-hybridized carbons (Fsp3) is 1.00. The molecule has 0 amide bonds. The Morgan fingerprint density at radius 2 is 2.20 bits per heavy atom. The predicted molar refractivity (Wildman–Crippen MR) is 63.9 cm³/mol. The number of hydrogen-bond donors (Lipinski definition) is 1. The van der Waals surface area contributed by atoms with Gasteiger partial charge in [-0.25, -0.2) is 0 Å². The van der Waals surface area contributed by atoms with Gasteiger partial charge in [-0.1, -0.05) is 13.8 Å². The van der Waals surface area contributed by atoms with Gasteiger partial charge in [0, 0.05) is 31.2 Å². The van der Waals surface area contributed by atoms with Crippen LogP contribution in [0, 0.1) is 11.8 Å². The van der Waals surface area contributed by atoms with Gasteiger partial charge in [0.25, 0.3) is 0 Å². The Hall–Kier alpha value is -0.120. The molecule has 1 rings (SSSR count). The highest BCUT2D eigenvalue weighted by Crippen LogP contribution is 2.30. The molecule has 0 spiro atoms. The minimum Gasteiger partial charge on any atom is -0.381 e. The quantitative estimate of drug-likeness (QED) is 0.750. The van der Waals surface area contributed by atoms with Crippen molar-refractivity contribution in [3.8, 4) is 0 Å². The normalized spacial score (nSPS) is 26.2. The molecule has 0 aromatic heterocycles. The first-order valence-corrected chi connectivity index (χ1v) is 5.99. The molecule has 0 aromatic rings. The van der Waals surface area contributed by atoms with E-state index in [2.05, 4.69) is 32.7 Å². The zero-order valence-corrected chi connectivity index (χ0v) is 10.6. The maximum atomic E-state index is 5.97. The van der Waals surface area contributed by atoms with E-state index in [-0.39, 0.29) is 5.54 Å². The summed E-state index contributed by atoms with van der Waals surface area (Å²) in [5, 5.41) is 0. The summed E-state index contributed by atoms with van der Waals surface area (Å²) in [5.41, 5.74) is 6.06. The van der Waals surface area contributed by atoms with Crippen LogP contribution in [0.25, 0.3) is 0 Å². The maximum absolute atomic E-state index is 5.97. The molecule has 1 saturated heterocycles. The standard InChI is InChI=1S/C12H26N2O/c1-10(2)7-14(4)12(3,9-13)11-5-6-15-8-11/h10-11H,5-9,13H2,1-4H3. The minimum atomic E-state index is 0.0980. The van der Waals surface area contributed by atoms with E-state index in [0.29, 0.717) is 18.4 Å². The number of ether oxygens (including phenoxy) is 1. The third kappa shape index (κ3) is 2.92. The van der Waals surface area contributed by atoms with E-state index in [1.54, 1.807) is 0 Å². The molecular formula is C12H26N2O. The molecular weight excluding hydrogens is 188 g/mol. The summed E-state index contributed by atoms with van der Waals surface area (Å²) in [5.74, 6) is 1.27. The highest BCUT2D eigenvalue weighted by molar-refractivity contribution is 4.94. The summed E-state index contributed by atoms with van der Waals surface area (Å²) in [6.45, 7) is 10.4. The molecule has 0 bridgehead atoms. The van der Waals surface area contributed by atoms with Crippen molar-refractivity contribution in [2.24, 2.45) is 17.6 Å². The molecule has 2 atom stereocenters. The van der Waals surface area contributed by atoms with Crippen molar-refractivity contribution in [3.63, 3.8) is 0 Å². The third-order valence-electron chi connectivity index (χ3n) is 3.73. The fourth-order valence-electron chi connectivity index (χ4n) is 2.42. The number of nitrogens with two attached hydrogens (primary N) is 1. The van der Waals surface area contributed by atoms with Crippen molar-refractivity contribution in [1.29, 1.82) is 0 Å². The van der Waals surface area contributed by atoms with Crippen molar-refractivity contribution in [1.82, 2.24) is 4.90 Å². The van der Waals surface area contributed by atoms with E-state index in [1.807, 2.05) is 0 Å². The zero-order chi connectivity index (χ0) is 11.5. The van der Waals surface area contributed by atoms with E-state index in [1.165, 1.54) is 0 Å². The third-order valence-corrected chi connectivity index (χ3v) is 3.73. The molecule has 1 aliphatic heterocycles. The van der Waals surface area contributed by atoms with E-state index < -0.39 is 0 Å². The van der Waals surface area contributed by atoms with Gasteiger partial charge >= 0.3 is 0 Å². The molecule has 2 N–H and O–H groups in total. The second-order valence-electron chi connectivity index (χ2n) is 5.40. The van der Waals surface area contributed by atoms with Crippen molar-refractivity contribution in [3.05, 3.63) is 0 Å². The summed E-state index contributed by atoms with van der Waals surface area (Å²) < 4.78 is 5.48. The second-order valence-corrected chi connectivity index (χ2v) is 5.40. The van der Waals surface area contributed by atoms with Crippen LogP contribution in [0.3, 0.4) is 0 Å². The minimum absolute atomic E-state index is 0.0980. The van der Waals surface area contributed by atoms with Gasteiger partial charge in [0.05, 0.1) is 6.61 Å². The van der Waals surface area contributed by atoms with E-state index in [9.17, 15) is 0 Å². The van der Waals surface area contributed by atoms with Crippen LogP contribution in [0.15, 0.2) is 0 Å². The number of hydrogen-bond acceptors (Lipinski definition) is 3. The van der Waals surface area contributed by atoms with Crippen LogP contribution in [-0.2, 0) is 4.74 Å². The van der Waals surface area contributed by atoms with Crippen molar-refractivity contribution < 1.29 is 4.74 Å². The molecule has 0 aromatic carbocycles. The van der Waals surface area contributed by atoms with Gasteiger partial charge in [-0.2, -0.15) is 0 Å². The Kier molecular flexibility index (Phi) is 4.56. The molecule has 2 unspecified atom stereocenters. The highest BCUT2D eigenvalue weighted by atomic mass is 16.5. The van der Waals surface area contributed by atoms with Crippen LogP contribution in [-0.4, -0.2) is 43.8 Å². The summed E-state index contributed by atoms with van der Waals surface area (Å²) in [4.78, 5) is 2.41. The average molecular weight is 214 g/mol. The fourth-order valence-corrected chi connectivity index (χ4v) is 2.42. The summed E-state index contributed by atoms with van der Waals surface area (Å²) in [6.07, 6.45) is 1.15. The van der Waals surface area contributed by atoms with Gasteiger partial charge in [-0.15, -0.1) is 0 Å². The maximum Gasteiger partial charge on any atom is 0.0513 e. The van der Waals surface area contributed by atoms with Gasteiger partial charge in [-0.05, 0) is 26.3 Å². The van der Waals surface area contributed by atoms with Crippen LogP contribution in [0.4, 0.5) is 0 Å². The smallest absolute Gasteiger partial charge is 0.0513 e. The first-order chi connectivity index (χ1) is 7.00. The van der Waals surface area contributed by atoms with Crippen LogP contribution < -0.4 is 5.73 Å². The topological polar surface area (TPSA) is 38.5 Å². The molecule has 1 heterocycles. The van der Waals surface area contributed by atoms with E-state index in [4.69, 9.17) is 10.5 Å². The number of rotatable bonds is 5. The monoisotopic (exact) mass is 214 g/mol. The van der Waals surface area contributed by atoms with Gasteiger partial charge in [0.1, 0.15) is 0 Å². The first-order valence-electron chi connectivity index (χ1n) is 5.99. The van der Waals surface area contributed by atoms with Crippen molar-refractivity contribution in [2.45, 2.75) is 32.7 Å². The Morgan fingerprint density at radius 3 is 2.60 bits per heavy atom. The van der Waals surface area contributed by atoms with Crippen LogP contribution in [0.5, 0.6) is 0 Å². The second kappa shape index (κ2) is 5.28. The van der Waals surface area contributed by atoms with Crippen LogP contribution >= 0.6 is 0 Å². The molecule has 3 heteroatoms. The molecule has 1 aliphatic rings. The molecule has 0 radical (unpaired) electrons. The van der Waals surface area contributed by atoms with Crippen LogP contribution in [0.1, 0.15) is 27.2 Å². The summed E-state index contributed by atoms with van der Waals surface area (Å²) in [7, 11) is 2.19. The lowest BCUT2D eigenvalue weighted by molar-refractivity contribution is 0.0581. The Bertz CT molecular complexity index is 190. The van der Waals surface area contributed by atoms with Gasteiger partial charge in [-0.3, -0.25) is 4.90 Å². The summed E-state index contributed by atoms with van der Waals surface area (Å²) >= 11 is 0. The lowest BCUT2D eigenvalue weighted by Crippen LogP contribution is -2.56. The van der Waals surface area contributed by atoms with Gasteiger partial charge < -0.3 is 10.5 Å². The molecule has 0 aliphatic carbocycles. The van der Waals surface area contributed by atoms with E-state index in [0.717, 1.165) is 26.2 Å². The summed E-state index contributed by atoms with van der Waals surface area (Å²) in [6, 6.07) is 0. The Morgan fingerprint density at radius 1 is 1.53 bits per heavy atom. The van der Waals surface area contributed by atoms with Gasteiger partial charge in [0.2, 0.25) is 0 Å². The molecule has 0 saturated carbocycles. The van der Waals surface area contributed by atoms with Crippen LogP contribution in [0.2, 0.25) is 0 Å². The Balaban J connectivity index is 2.64. The SMILES string of the molecule is CC(C)CN(C)C(C)(CN)C1CCOC1. The molecule has 90 valence electrons. The van der Waals surface area contributed by atoms with Gasteiger partial charge in [0.15, 0.2) is 0 Å². The predicted octanol–water partition coefficient (Wildman–Crippen LogP) is 1.33. The lowest BCUT2D eigenvalue weighted by Gasteiger charge is -2.43. The number of likely N-dealkylation sites (N-methyl/N-ethyl adjacent to an activating group) is 1. The highest BCUT2D eigenvalue weighted by Gasteiger charge is 2.38. The first kappa shape index (κ1) is 12.9. The lowest BCUT2D eigenvalue weighted by atomic mass is 9.83. The molecule has 1 fully saturated rings. The average Bonchev–Trinajstić information content (AvgIpc) is 2.68. The van der Waals surface area contributed by atoms with Crippen molar-refractivity contribution in [2.75, 3.05) is 33.4 Å².